The van der Waals surface area contributed by atoms with E-state index in [9.17, 15) is 9.59 Å². The van der Waals surface area contributed by atoms with Crippen molar-refractivity contribution in [3.05, 3.63) is 35.4 Å². The van der Waals surface area contributed by atoms with Crippen molar-refractivity contribution in [3.8, 4) is 0 Å². The number of hydrogen-bond acceptors (Lipinski definition) is 11. The molecule has 1 aromatic rings. The van der Waals surface area contributed by atoms with Gasteiger partial charge in [0.25, 0.3) is 11.8 Å². The van der Waals surface area contributed by atoms with Crippen molar-refractivity contribution in [2.45, 2.75) is 45.8 Å². The van der Waals surface area contributed by atoms with E-state index in [2.05, 4.69) is 45.7 Å². The highest BCUT2D eigenvalue weighted by molar-refractivity contribution is 6.74. The van der Waals surface area contributed by atoms with Gasteiger partial charge in [-0.05, 0) is 36.8 Å². The molecule has 13 heteroatoms. The predicted molar refractivity (Wildman–Crippen MR) is 183 cm³/mol. The van der Waals surface area contributed by atoms with E-state index >= 15 is 0 Å². The van der Waals surface area contributed by atoms with Crippen LogP contribution in [0.4, 0.5) is 0 Å². The van der Waals surface area contributed by atoms with E-state index < -0.39 is 8.32 Å². The lowest BCUT2D eigenvalue weighted by molar-refractivity contribution is -0.0218. The lowest BCUT2D eigenvalue weighted by Crippen LogP contribution is -2.41. The average molecular weight is 685 g/mol. The molecule has 1 aliphatic heterocycles. The monoisotopic (exact) mass is 684 g/mol. The van der Waals surface area contributed by atoms with Gasteiger partial charge < -0.3 is 37.6 Å². The molecule has 2 rings (SSSR count). The Balaban J connectivity index is 1.28. The smallest absolute Gasteiger partial charge is 0.261 e. The van der Waals surface area contributed by atoms with Gasteiger partial charge in [0.2, 0.25) is 0 Å². The summed E-state index contributed by atoms with van der Waals surface area (Å²) in [5.41, 5.74) is 0.970. The van der Waals surface area contributed by atoms with Crippen LogP contribution in [-0.4, -0.2) is 155 Å². The SMILES string of the molecule is CCN(CCOCCOCCOCCOCCOCCOCCOCCO[Si](C)(C)C(C)(C)C)CCN1C(=O)c2ccccc2C1=O. The van der Waals surface area contributed by atoms with Gasteiger partial charge in [0, 0.05) is 19.6 Å². The molecule has 0 aromatic heterocycles. The zero-order chi connectivity index (χ0) is 34.4. The van der Waals surface area contributed by atoms with Crippen molar-refractivity contribution in [1.82, 2.24) is 9.80 Å². The van der Waals surface area contributed by atoms with Crippen LogP contribution in [-0.2, 0) is 37.6 Å². The Morgan fingerprint density at radius 2 is 0.957 bits per heavy atom. The first-order valence-corrected chi connectivity index (χ1v) is 19.8. The summed E-state index contributed by atoms with van der Waals surface area (Å²) in [5, 5.41) is 0.212. The summed E-state index contributed by atoms with van der Waals surface area (Å²) in [7, 11) is -1.70. The van der Waals surface area contributed by atoms with Crippen LogP contribution in [0, 0.1) is 0 Å². The average Bonchev–Trinajstić information content (AvgIpc) is 3.28. The first-order valence-electron chi connectivity index (χ1n) is 16.9. The lowest BCUT2D eigenvalue weighted by Gasteiger charge is -2.36. The zero-order valence-electron chi connectivity index (χ0n) is 29.7. The highest BCUT2D eigenvalue weighted by Crippen LogP contribution is 2.36. The van der Waals surface area contributed by atoms with Crippen molar-refractivity contribution in [3.63, 3.8) is 0 Å². The molecule has 1 aromatic carbocycles. The molecular formula is C34H60N2O10Si. The molecule has 47 heavy (non-hydrogen) atoms. The number of rotatable bonds is 29. The van der Waals surface area contributed by atoms with Crippen molar-refractivity contribution < 1.29 is 47.2 Å². The summed E-state index contributed by atoms with van der Waals surface area (Å²) in [6, 6.07) is 6.96. The number of hydrogen-bond donors (Lipinski definition) is 0. The quantitative estimate of drug-likeness (QED) is 0.0699. The van der Waals surface area contributed by atoms with Gasteiger partial charge in [-0.25, -0.2) is 0 Å². The van der Waals surface area contributed by atoms with Crippen LogP contribution in [0.3, 0.4) is 0 Å². The molecule has 0 saturated heterocycles. The number of ether oxygens (including phenoxy) is 7. The van der Waals surface area contributed by atoms with Crippen LogP contribution in [0.5, 0.6) is 0 Å². The first kappa shape index (κ1) is 41.4. The van der Waals surface area contributed by atoms with E-state index in [0.29, 0.717) is 130 Å². The second-order valence-corrected chi connectivity index (χ2v) is 17.4. The van der Waals surface area contributed by atoms with E-state index in [1.165, 1.54) is 4.90 Å². The molecular weight excluding hydrogens is 624 g/mol. The Labute approximate surface area is 283 Å². The summed E-state index contributed by atoms with van der Waals surface area (Å²) >= 11 is 0. The first-order chi connectivity index (χ1) is 22.6. The van der Waals surface area contributed by atoms with Crippen molar-refractivity contribution >= 4 is 20.1 Å². The van der Waals surface area contributed by atoms with Gasteiger partial charge in [0.15, 0.2) is 8.32 Å². The van der Waals surface area contributed by atoms with Gasteiger partial charge in [0.05, 0.1) is 110 Å². The molecule has 0 unspecified atom stereocenters. The Hall–Kier alpha value is -1.78. The minimum Gasteiger partial charge on any atom is -0.414 e. The zero-order valence-corrected chi connectivity index (χ0v) is 30.7. The maximum absolute atomic E-state index is 12.5. The Morgan fingerprint density at radius 1 is 0.596 bits per heavy atom. The maximum atomic E-state index is 12.5. The minimum atomic E-state index is -1.70. The second kappa shape index (κ2) is 23.6. The summed E-state index contributed by atoms with van der Waals surface area (Å²) in [6.07, 6.45) is 0. The van der Waals surface area contributed by atoms with E-state index in [-0.39, 0.29) is 16.9 Å². The van der Waals surface area contributed by atoms with E-state index in [1.807, 2.05) is 0 Å². The molecule has 0 saturated carbocycles. The molecule has 2 amide bonds. The van der Waals surface area contributed by atoms with Crippen LogP contribution in [0.15, 0.2) is 24.3 Å². The molecule has 0 fully saturated rings. The van der Waals surface area contributed by atoms with Crippen LogP contribution in [0.2, 0.25) is 18.1 Å². The number of imide groups is 1. The van der Waals surface area contributed by atoms with Crippen LogP contribution >= 0.6 is 0 Å². The third-order valence-electron chi connectivity index (χ3n) is 8.25. The lowest BCUT2D eigenvalue weighted by atomic mass is 10.1. The van der Waals surface area contributed by atoms with Gasteiger partial charge >= 0.3 is 0 Å². The molecule has 1 heterocycles. The Kier molecular flexibility index (Phi) is 20.7. The number of likely N-dealkylation sites (N-methyl/N-ethyl adjacent to an activating group) is 1. The number of benzene rings is 1. The molecule has 0 bridgehead atoms. The van der Waals surface area contributed by atoms with Crippen molar-refractivity contribution in [2.75, 3.05) is 125 Å². The summed E-state index contributed by atoms with van der Waals surface area (Å²) < 4.78 is 45.0. The van der Waals surface area contributed by atoms with Gasteiger partial charge in [0.1, 0.15) is 0 Å². The predicted octanol–water partition coefficient (Wildman–Crippen LogP) is 3.74. The molecule has 0 aliphatic carbocycles. The third-order valence-corrected chi connectivity index (χ3v) is 12.8. The van der Waals surface area contributed by atoms with Gasteiger partial charge in [-0.15, -0.1) is 0 Å². The van der Waals surface area contributed by atoms with Crippen LogP contribution in [0.25, 0.3) is 0 Å². The van der Waals surface area contributed by atoms with E-state index in [0.717, 1.165) is 6.54 Å². The molecule has 0 radical (unpaired) electrons. The Morgan fingerprint density at radius 3 is 1.32 bits per heavy atom. The molecule has 0 spiro atoms. The van der Waals surface area contributed by atoms with Crippen LogP contribution in [0.1, 0.15) is 48.4 Å². The third kappa shape index (κ3) is 16.4. The minimum absolute atomic E-state index is 0.212. The van der Waals surface area contributed by atoms with E-state index in [1.54, 1.807) is 24.3 Å². The topological polar surface area (TPSA) is 114 Å². The normalized spacial score (nSPS) is 13.7. The molecule has 12 nitrogen and oxygen atoms in total. The van der Waals surface area contributed by atoms with E-state index in [4.69, 9.17) is 37.6 Å². The maximum Gasteiger partial charge on any atom is 0.261 e. The fourth-order valence-electron chi connectivity index (χ4n) is 4.30. The van der Waals surface area contributed by atoms with Gasteiger partial charge in [-0.3, -0.25) is 19.4 Å². The number of carbonyl (C=O) groups excluding carboxylic acids is 2. The summed E-state index contributed by atoms with van der Waals surface area (Å²) in [6.45, 7) is 23.6. The number of nitrogens with zero attached hydrogens (tertiary/aromatic N) is 2. The summed E-state index contributed by atoms with van der Waals surface area (Å²) in [4.78, 5) is 28.5. The molecule has 0 atom stereocenters. The standard InChI is InChI=1S/C34H60N2O10Si/c1-7-35(12-13-36-32(37)30-10-8-9-11-31(30)33(36)38)14-15-39-16-17-40-18-19-41-20-21-42-22-23-43-24-25-44-26-27-45-28-29-46-47(5,6)34(2,3)4/h8-11H,7,12-29H2,1-6H3. The highest BCUT2D eigenvalue weighted by atomic mass is 28.4. The number of carbonyl (C=O) groups is 2. The van der Waals surface area contributed by atoms with Gasteiger partial charge in [-0.1, -0.05) is 39.8 Å². The molecule has 0 N–H and O–H groups in total. The fraction of sp³-hybridized carbons (Fsp3) is 0.765. The Bertz CT molecular complexity index is 972. The summed E-state index contributed by atoms with van der Waals surface area (Å²) in [5.74, 6) is -0.433. The second-order valence-electron chi connectivity index (χ2n) is 12.6. The number of amides is 2. The fourth-order valence-corrected chi connectivity index (χ4v) is 5.33. The van der Waals surface area contributed by atoms with Crippen LogP contribution < -0.4 is 0 Å². The molecule has 1 aliphatic rings. The number of fused-ring (bicyclic) bond motifs is 1. The highest BCUT2D eigenvalue weighted by Gasteiger charge is 2.37. The largest absolute Gasteiger partial charge is 0.414 e. The molecule has 270 valence electrons. The van der Waals surface area contributed by atoms with Gasteiger partial charge in [-0.2, -0.15) is 0 Å². The van der Waals surface area contributed by atoms with Crippen molar-refractivity contribution in [1.29, 1.82) is 0 Å². The van der Waals surface area contributed by atoms with Crippen molar-refractivity contribution in [2.24, 2.45) is 0 Å².